The topological polar surface area (TPSA) is 38.1 Å². The summed E-state index contributed by atoms with van der Waals surface area (Å²) in [6.45, 7) is 3.82. The fourth-order valence-electron chi connectivity index (χ4n) is 1.66. The Morgan fingerprint density at radius 3 is 2.83 bits per heavy atom. The van der Waals surface area contributed by atoms with Crippen molar-refractivity contribution in [2.45, 2.75) is 19.9 Å². The number of hydrogen-bond acceptors (Lipinski definition) is 3. The lowest BCUT2D eigenvalue weighted by Gasteiger charge is -2.04. The first-order chi connectivity index (χ1) is 8.72. The van der Waals surface area contributed by atoms with Gasteiger partial charge in [-0.25, -0.2) is 0 Å². The van der Waals surface area contributed by atoms with E-state index in [0.717, 1.165) is 36.4 Å². The molecule has 3 nitrogen and oxygen atoms in total. The van der Waals surface area contributed by atoms with E-state index in [0.29, 0.717) is 10.0 Å². The van der Waals surface area contributed by atoms with E-state index in [4.69, 9.17) is 27.7 Å². The maximum absolute atomic E-state index is 6.00. The van der Waals surface area contributed by atoms with Crippen LogP contribution in [0.5, 0.6) is 0 Å². The molecule has 0 saturated heterocycles. The van der Waals surface area contributed by atoms with Crippen LogP contribution in [-0.4, -0.2) is 11.7 Å². The number of rotatable bonds is 5. The highest BCUT2D eigenvalue weighted by Gasteiger charge is 2.11. The number of aromatic nitrogens is 1. The molecule has 1 aromatic heterocycles. The quantitative estimate of drug-likeness (QED) is 0.839. The van der Waals surface area contributed by atoms with Crippen molar-refractivity contribution in [1.29, 1.82) is 0 Å². The molecule has 0 unspecified atom stereocenters. The molecule has 0 saturated carbocycles. The van der Waals surface area contributed by atoms with Crippen LogP contribution in [0.2, 0.25) is 10.0 Å². The summed E-state index contributed by atoms with van der Waals surface area (Å²) in [5, 5.41) is 8.20. The van der Waals surface area contributed by atoms with Crippen molar-refractivity contribution in [3.63, 3.8) is 0 Å². The van der Waals surface area contributed by atoms with Crippen LogP contribution in [0, 0.1) is 0 Å². The molecule has 0 bridgehead atoms. The van der Waals surface area contributed by atoms with E-state index in [-0.39, 0.29) is 0 Å². The van der Waals surface area contributed by atoms with Gasteiger partial charge in [-0.15, -0.1) is 0 Å². The summed E-state index contributed by atoms with van der Waals surface area (Å²) in [6.07, 6.45) is 2.81. The van der Waals surface area contributed by atoms with E-state index >= 15 is 0 Å². The third-order valence-corrected chi connectivity index (χ3v) is 3.31. The molecule has 0 spiro atoms. The van der Waals surface area contributed by atoms with Crippen LogP contribution in [0.15, 0.2) is 28.9 Å². The second-order valence-electron chi connectivity index (χ2n) is 3.99. The van der Waals surface area contributed by atoms with E-state index < -0.39 is 0 Å². The highest BCUT2D eigenvalue weighted by molar-refractivity contribution is 6.42. The molecule has 1 heterocycles. The van der Waals surface area contributed by atoms with E-state index in [1.54, 1.807) is 18.3 Å². The highest BCUT2D eigenvalue weighted by atomic mass is 35.5. The number of benzene rings is 1. The summed E-state index contributed by atoms with van der Waals surface area (Å²) < 4.78 is 5.28. The zero-order valence-electron chi connectivity index (χ0n) is 10.0. The first-order valence-corrected chi connectivity index (χ1v) is 6.57. The molecule has 2 rings (SSSR count). The van der Waals surface area contributed by atoms with Gasteiger partial charge in [-0.3, -0.25) is 0 Å². The lowest BCUT2D eigenvalue weighted by molar-refractivity contribution is 0.431. The third kappa shape index (κ3) is 3.05. The van der Waals surface area contributed by atoms with Gasteiger partial charge < -0.3 is 9.84 Å². The minimum atomic E-state index is 0.512. The first kappa shape index (κ1) is 13.4. The average Bonchev–Trinajstić information content (AvgIpc) is 2.81. The van der Waals surface area contributed by atoms with Gasteiger partial charge in [-0.2, -0.15) is 0 Å². The van der Waals surface area contributed by atoms with Crippen LogP contribution in [0.1, 0.15) is 18.9 Å². The van der Waals surface area contributed by atoms with Crippen LogP contribution in [0.25, 0.3) is 11.3 Å². The van der Waals surface area contributed by atoms with Crippen molar-refractivity contribution >= 4 is 23.2 Å². The van der Waals surface area contributed by atoms with Crippen molar-refractivity contribution < 1.29 is 4.52 Å². The van der Waals surface area contributed by atoms with E-state index in [1.807, 2.05) is 6.07 Å². The normalized spacial score (nSPS) is 10.8. The van der Waals surface area contributed by atoms with E-state index in [2.05, 4.69) is 17.4 Å². The minimum Gasteiger partial charge on any atom is -0.356 e. The smallest absolute Gasteiger partial charge is 0.171 e. The molecule has 0 aliphatic carbocycles. The Bertz CT molecular complexity index is 525. The van der Waals surface area contributed by atoms with Crippen LogP contribution < -0.4 is 5.32 Å². The summed E-state index contributed by atoms with van der Waals surface area (Å²) >= 11 is 11.9. The Kier molecular flexibility index (Phi) is 4.64. The summed E-state index contributed by atoms with van der Waals surface area (Å²) in [7, 11) is 0. The lowest BCUT2D eigenvalue weighted by atomic mass is 10.1. The maximum atomic E-state index is 6.00. The zero-order valence-corrected chi connectivity index (χ0v) is 11.6. The molecule has 0 atom stereocenters. The van der Waals surface area contributed by atoms with Gasteiger partial charge in [-0.1, -0.05) is 35.3 Å². The Labute approximate surface area is 116 Å². The number of nitrogens with zero attached hydrogens (tertiary/aromatic N) is 1. The average molecular weight is 285 g/mol. The summed E-state index contributed by atoms with van der Waals surface area (Å²) in [4.78, 5) is 0. The van der Waals surface area contributed by atoms with Crippen molar-refractivity contribution in [1.82, 2.24) is 10.5 Å². The Hall–Kier alpha value is -1.03. The van der Waals surface area contributed by atoms with Gasteiger partial charge >= 0.3 is 0 Å². The molecule has 0 amide bonds. The lowest BCUT2D eigenvalue weighted by Crippen LogP contribution is -2.13. The molecule has 18 heavy (non-hydrogen) atoms. The van der Waals surface area contributed by atoms with Crippen LogP contribution in [0.4, 0.5) is 0 Å². The number of nitrogens with one attached hydrogen (secondary N) is 1. The van der Waals surface area contributed by atoms with Gasteiger partial charge in [0, 0.05) is 17.7 Å². The first-order valence-electron chi connectivity index (χ1n) is 5.82. The summed E-state index contributed by atoms with van der Waals surface area (Å²) in [5.41, 5.74) is 1.90. The second kappa shape index (κ2) is 6.23. The predicted molar refractivity (Wildman–Crippen MR) is 74.0 cm³/mol. The number of halogens is 2. The fraction of sp³-hybridized carbons (Fsp3) is 0.308. The van der Waals surface area contributed by atoms with Gasteiger partial charge in [0.05, 0.1) is 16.2 Å². The van der Waals surface area contributed by atoms with Crippen molar-refractivity contribution in [2.75, 3.05) is 6.54 Å². The van der Waals surface area contributed by atoms with Gasteiger partial charge in [0.2, 0.25) is 0 Å². The monoisotopic (exact) mass is 284 g/mol. The van der Waals surface area contributed by atoms with Gasteiger partial charge in [0.1, 0.15) is 0 Å². The van der Waals surface area contributed by atoms with E-state index in [9.17, 15) is 0 Å². The Morgan fingerprint density at radius 2 is 2.11 bits per heavy atom. The molecule has 0 aliphatic heterocycles. The van der Waals surface area contributed by atoms with Gasteiger partial charge in [0.15, 0.2) is 5.76 Å². The standard InChI is InChI=1S/C13H14Cl2N2O/c1-2-5-16-7-10-8-17-18-13(10)9-3-4-11(14)12(15)6-9/h3-4,6,8,16H,2,5,7H2,1H3. The molecule has 0 aliphatic rings. The molecule has 1 aromatic carbocycles. The van der Waals surface area contributed by atoms with Crippen molar-refractivity contribution in [2.24, 2.45) is 0 Å². The van der Waals surface area contributed by atoms with Crippen LogP contribution in [-0.2, 0) is 6.54 Å². The molecule has 0 fully saturated rings. The molecular formula is C13H14Cl2N2O. The highest BCUT2D eigenvalue weighted by Crippen LogP contribution is 2.30. The Balaban J connectivity index is 2.22. The van der Waals surface area contributed by atoms with Crippen LogP contribution in [0.3, 0.4) is 0 Å². The minimum absolute atomic E-state index is 0.512. The Morgan fingerprint density at radius 1 is 1.28 bits per heavy atom. The molecule has 2 aromatic rings. The summed E-state index contributed by atoms with van der Waals surface area (Å²) in [6, 6.07) is 5.41. The predicted octanol–water partition coefficient (Wildman–Crippen LogP) is 4.15. The van der Waals surface area contributed by atoms with Crippen molar-refractivity contribution in [3.05, 3.63) is 40.0 Å². The second-order valence-corrected chi connectivity index (χ2v) is 4.80. The van der Waals surface area contributed by atoms with Gasteiger partial charge in [-0.05, 0) is 31.2 Å². The molecule has 5 heteroatoms. The molecular weight excluding hydrogens is 271 g/mol. The molecule has 0 radical (unpaired) electrons. The maximum Gasteiger partial charge on any atom is 0.171 e. The fourth-order valence-corrected chi connectivity index (χ4v) is 1.96. The molecule has 1 N–H and O–H groups in total. The third-order valence-electron chi connectivity index (χ3n) is 2.57. The zero-order chi connectivity index (χ0) is 13.0. The van der Waals surface area contributed by atoms with E-state index in [1.165, 1.54) is 0 Å². The summed E-state index contributed by atoms with van der Waals surface area (Å²) in [5.74, 6) is 0.733. The van der Waals surface area contributed by atoms with Gasteiger partial charge in [0.25, 0.3) is 0 Å². The molecule has 96 valence electrons. The van der Waals surface area contributed by atoms with Crippen molar-refractivity contribution in [3.8, 4) is 11.3 Å². The van der Waals surface area contributed by atoms with Crippen LogP contribution >= 0.6 is 23.2 Å². The number of hydrogen-bond donors (Lipinski definition) is 1. The largest absolute Gasteiger partial charge is 0.356 e. The SMILES string of the molecule is CCCNCc1cnoc1-c1ccc(Cl)c(Cl)c1.